The van der Waals surface area contributed by atoms with E-state index in [1.54, 1.807) is 23.1 Å². The average molecular weight is 387 g/mol. The van der Waals surface area contributed by atoms with Crippen LogP contribution in [0.2, 0.25) is 0 Å². The highest BCUT2D eigenvalue weighted by molar-refractivity contribution is 6.01. The molecule has 3 aliphatic rings. The second kappa shape index (κ2) is 6.81. The Balaban J connectivity index is 1.77. The third-order valence-electron chi connectivity index (χ3n) is 5.70. The number of carbonyl (C=O) groups is 4. The Labute approximate surface area is 161 Å². The Kier molecular flexibility index (Phi) is 4.44. The van der Waals surface area contributed by atoms with Gasteiger partial charge in [0.1, 0.15) is 30.4 Å². The summed E-state index contributed by atoms with van der Waals surface area (Å²) in [7, 11) is 1.53. The van der Waals surface area contributed by atoms with Gasteiger partial charge in [0.25, 0.3) is 5.91 Å². The van der Waals surface area contributed by atoms with Crippen LogP contribution in [0.15, 0.2) is 18.2 Å². The van der Waals surface area contributed by atoms with Crippen molar-refractivity contribution in [2.45, 2.75) is 37.4 Å². The van der Waals surface area contributed by atoms with Crippen molar-refractivity contribution in [3.05, 3.63) is 29.3 Å². The zero-order valence-electron chi connectivity index (χ0n) is 15.4. The highest BCUT2D eigenvalue weighted by atomic mass is 16.5. The van der Waals surface area contributed by atoms with Crippen molar-refractivity contribution in [3.63, 3.8) is 0 Å². The largest absolute Gasteiger partial charge is 0.497 e. The van der Waals surface area contributed by atoms with Gasteiger partial charge in [-0.25, -0.2) is 0 Å². The summed E-state index contributed by atoms with van der Waals surface area (Å²) in [5, 5.41) is 11.2. The van der Waals surface area contributed by atoms with E-state index < -0.39 is 36.5 Å². The summed E-state index contributed by atoms with van der Waals surface area (Å²) in [5.74, 6) is -1.60. The Morgan fingerprint density at radius 1 is 1.29 bits per heavy atom. The van der Waals surface area contributed by atoms with E-state index in [1.165, 1.54) is 12.0 Å². The van der Waals surface area contributed by atoms with Gasteiger partial charge in [-0.1, -0.05) is 6.07 Å². The first kappa shape index (κ1) is 18.3. The molecule has 2 saturated heterocycles. The molecule has 9 nitrogen and oxygen atoms in total. The number of hydrogen-bond acceptors (Lipinski definition) is 5. The van der Waals surface area contributed by atoms with Crippen LogP contribution >= 0.6 is 0 Å². The van der Waals surface area contributed by atoms with Crippen LogP contribution in [0.4, 0.5) is 0 Å². The number of piperazine rings is 1. The lowest BCUT2D eigenvalue weighted by Gasteiger charge is -2.48. The van der Waals surface area contributed by atoms with Gasteiger partial charge in [0.2, 0.25) is 11.8 Å². The molecule has 3 aliphatic heterocycles. The molecular formula is C19H21N3O6. The third-order valence-corrected chi connectivity index (χ3v) is 5.70. The summed E-state index contributed by atoms with van der Waals surface area (Å²) in [6.07, 6.45) is 1.51. The Morgan fingerprint density at radius 2 is 2.07 bits per heavy atom. The number of fused-ring (bicyclic) bond motifs is 4. The molecule has 1 aromatic carbocycles. The molecule has 0 radical (unpaired) electrons. The topological polar surface area (TPSA) is 116 Å². The number of rotatable bonds is 4. The van der Waals surface area contributed by atoms with Crippen molar-refractivity contribution in [1.29, 1.82) is 0 Å². The molecule has 3 amide bonds. The van der Waals surface area contributed by atoms with Crippen LogP contribution in [0, 0.1) is 0 Å². The van der Waals surface area contributed by atoms with Gasteiger partial charge in [-0.15, -0.1) is 0 Å². The van der Waals surface area contributed by atoms with Crippen molar-refractivity contribution < 1.29 is 29.0 Å². The zero-order chi connectivity index (χ0) is 20.0. The highest BCUT2D eigenvalue weighted by Crippen LogP contribution is 2.42. The van der Waals surface area contributed by atoms with Gasteiger partial charge in [-0.05, 0) is 36.1 Å². The van der Waals surface area contributed by atoms with Crippen molar-refractivity contribution in [3.8, 4) is 5.75 Å². The number of ether oxygens (including phenoxy) is 1. The number of nitrogens with one attached hydrogen (secondary N) is 1. The number of carbonyl (C=O) groups excluding carboxylic acids is 3. The van der Waals surface area contributed by atoms with Crippen molar-refractivity contribution in [1.82, 2.24) is 15.1 Å². The van der Waals surface area contributed by atoms with Crippen LogP contribution < -0.4 is 10.1 Å². The van der Waals surface area contributed by atoms with Gasteiger partial charge in [0.05, 0.1) is 7.11 Å². The first-order valence-electron chi connectivity index (χ1n) is 9.21. The summed E-state index contributed by atoms with van der Waals surface area (Å²) in [4.78, 5) is 53.0. The van der Waals surface area contributed by atoms with Gasteiger partial charge in [-0.3, -0.25) is 19.2 Å². The number of amides is 3. The maximum Gasteiger partial charge on any atom is 0.322 e. The van der Waals surface area contributed by atoms with Crippen LogP contribution in [0.5, 0.6) is 5.75 Å². The van der Waals surface area contributed by atoms with Gasteiger partial charge >= 0.3 is 5.97 Å². The van der Waals surface area contributed by atoms with Gasteiger partial charge in [-0.2, -0.15) is 0 Å². The number of aliphatic carboxylic acids is 1. The number of hydrogen-bond donors (Lipinski definition) is 2. The van der Waals surface area contributed by atoms with Gasteiger partial charge in [0.15, 0.2) is 0 Å². The van der Waals surface area contributed by atoms with E-state index in [9.17, 15) is 19.2 Å². The number of methoxy groups -OCH3 is 1. The van der Waals surface area contributed by atoms with Crippen molar-refractivity contribution in [2.24, 2.45) is 0 Å². The fraction of sp³-hybridized carbons (Fsp3) is 0.474. The first-order chi connectivity index (χ1) is 13.4. The number of carboxylic acid groups (broad SMARTS) is 1. The maximum absolute atomic E-state index is 13.2. The molecule has 2 N–H and O–H groups in total. The number of carboxylic acids is 1. The normalized spacial score (nSPS) is 25.7. The minimum atomic E-state index is -1.18. The molecule has 0 aliphatic carbocycles. The fourth-order valence-electron chi connectivity index (χ4n) is 4.44. The second-order valence-electron chi connectivity index (χ2n) is 7.23. The van der Waals surface area contributed by atoms with Crippen LogP contribution in [0.3, 0.4) is 0 Å². The molecule has 2 fully saturated rings. The zero-order valence-corrected chi connectivity index (χ0v) is 15.4. The van der Waals surface area contributed by atoms with E-state index in [2.05, 4.69) is 5.32 Å². The molecule has 148 valence electrons. The predicted octanol–water partition coefficient (Wildman–Crippen LogP) is -0.305. The summed E-state index contributed by atoms with van der Waals surface area (Å²) in [5.41, 5.74) is 1.43. The number of benzene rings is 1. The fourth-order valence-corrected chi connectivity index (χ4v) is 4.44. The van der Waals surface area contributed by atoms with Crippen LogP contribution in [-0.2, 0) is 25.6 Å². The predicted molar refractivity (Wildman–Crippen MR) is 95.5 cm³/mol. The minimum absolute atomic E-state index is 0.191. The minimum Gasteiger partial charge on any atom is -0.497 e. The molecular weight excluding hydrogens is 366 g/mol. The molecule has 0 aromatic heterocycles. The lowest BCUT2D eigenvalue weighted by molar-refractivity contribution is -0.165. The van der Waals surface area contributed by atoms with Crippen molar-refractivity contribution >= 4 is 23.7 Å². The molecule has 3 heterocycles. The van der Waals surface area contributed by atoms with Gasteiger partial charge < -0.3 is 25.0 Å². The number of nitrogens with zero attached hydrogens (tertiary/aromatic N) is 2. The van der Waals surface area contributed by atoms with E-state index in [4.69, 9.17) is 9.84 Å². The lowest BCUT2D eigenvalue weighted by Crippen LogP contribution is -2.65. The Hall–Kier alpha value is -3.10. The quantitative estimate of drug-likeness (QED) is 0.733. The van der Waals surface area contributed by atoms with Crippen molar-refractivity contribution in [2.75, 3.05) is 20.2 Å². The van der Waals surface area contributed by atoms with E-state index >= 15 is 0 Å². The maximum atomic E-state index is 13.2. The van der Waals surface area contributed by atoms with Gasteiger partial charge in [0, 0.05) is 13.0 Å². The lowest BCUT2D eigenvalue weighted by atomic mass is 9.84. The highest BCUT2D eigenvalue weighted by Gasteiger charge is 2.54. The molecule has 0 spiro atoms. The molecule has 4 rings (SSSR count). The van der Waals surface area contributed by atoms with E-state index in [-0.39, 0.29) is 18.2 Å². The first-order valence-corrected chi connectivity index (χ1v) is 9.21. The average Bonchev–Trinajstić information content (AvgIpc) is 3.18. The molecule has 28 heavy (non-hydrogen) atoms. The van der Waals surface area contributed by atoms with Crippen LogP contribution in [0.25, 0.3) is 0 Å². The molecule has 3 atom stereocenters. The Morgan fingerprint density at radius 3 is 2.79 bits per heavy atom. The second-order valence-corrected chi connectivity index (χ2v) is 7.23. The molecule has 0 unspecified atom stereocenters. The van der Waals surface area contributed by atoms with E-state index in [0.29, 0.717) is 24.3 Å². The smallest absolute Gasteiger partial charge is 0.322 e. The molecule has 1 aromatic rings. The Bertz CT molecular complexity index is 869. The summed E-state index contributed by atoms with van der Waals surface area (Å²) < 4.78 is 5.25. The summed E-state index contributed by atoms with van der Waals surface area (Å²) in [6, 6.07) is 2.89. The van der Waals surface area contributed by atoms with Crippen LogP contribution in [-0.4, -0.2) is 70.9 Å². The summed E-state index contributed by atoms with van der Waals surface area (Å²) in [6.45, 7) is -0.0164. The summed E-state index contributed by atoms with van der Waals surface area (Å²) >= 11 is 0. The molecule has 9 heteroatoms. The standard InChI is InChI=1S/C19H21N3O6/c1-28-11-4-5-12-10(7-11)8-14(17(25)20-9-15(23)24)22-16(12)19(27)21-6-2-3-13(21)18(22)26/h4-5,7,13-14,16H,2-3,6,8-9H2,1H3,(H,20,25)(H,23,24)/t13-,14-,16-/m0/s1. The molecule has 0 saturated carbocycles. The van der Waals surface area contributed by atoms with E-state index in [1.807, 2.05) is 0 Å². The van der Waals surface area contributed by atoms with E-state index in [0.717, 1.165) is 12.0 Å². The van der Waals surface area contributed by atoms with Crippen LogP contribution in [0.1, 0.15) is 30.0 Å². The molecule has 0 bridgehead atoms. The SMILES string of the molecule is COc1ccc2c(c1)C[C@@H](C(=O)NCC(=O)O)N1C(=O)[C@@H]3CCCN3C(=O)[C@H]21. The third kappa shape index (κ3) is 2.78. The monoisotopic (exact) mass is 387 g/mol.